The number of hydrogen-bond acceptors (Lipinski definition) is 2. The molecule has 0 aliphatic rings. The Morgan fingerprint density at radius 1 is 1.06 bits per heavy atom. The minimum Gasteiger partial charge on any atom is -0.315 e. The van der Waals surface area contributed by atoms with Crippen LogP contribution in [0, 0.1) is 18.3 Å². The van der Waals surface area contributed by atoms with E-state index in [4.69, 9.17) is 5.26 Å². The molecule has 2 aromatic carbocycles. The molecule has 2 nitrogen and oxygen atoms in total. The van der Waals surface area contributed by atoms with E-state index in [1.165, 1.54) is 21.9 Å². The Bertz CT molecular complexity index is 567. The molecule has 0 bridgehead atoms. The first-order valence-corrected chi connectivity index (χ1v) is 6.36. The summed E-state index contributed by atoms with van der Waals surface area (Å²) in [6, 6.07) is 15.3. The lowest BCUT2D eigenvalue weighted by atomic mass is 10.0. The number of nitrogens with zero attached hydrogens (tertiary/aromatic N) is 1. The topological polar surface area (TPSA) is 35.8 Å². The highest BCUT2D eigenvalue weighted by atomic mass is 14.8. The summed E-state index contributed by atoms with van der Waals surface area (Å²) >= 11 is 0. The van der Waals surface area contributed by atoms with Crippen molar-refractivity contribution in [3.05, 3.63) is 47.5 Å². The summed E-state index contributed by atoms with van der Waals surface area (Å²) in [6.07, 6.45) is 1.59. The molecular formula is C16H18N2. The smallest absolute Gasteiger partial charge is 0.0635 e. The molecule has 0 aliphatic carbocycles. The second kappa shape index (κ2) is 6.18. The van der Waals surface area contributed by atoms with Crippen molar-refractivity contribution in [2.45, 2.75) is 19.8 Å². The highest BCUT2D eigenvalue weighted by Crippen LogP contribution is 2.17. The van der Waals surface area contributed by atoms with Gasteiger partial charge in [0.2, 0.25) is 0 Å². The van der Waals surface area contributed by atoms with Crippen molar-refractivity contribution in [3.8, 4) is 6.07 Å². The van der Waals surface area contributed by atoms with E-state index in [1.807, 2.05) is 0 Å². The Morgan fingerprint density at radius 3 is 2.67 bits per heavy atom. The van der Waals surface area contributed by atoms with Crippen molar-refractivity contribution in [2.24, 2.45) is 0 Å². The van der Waals surface area contributed by atoms with Gasteiger partial charge in [0.05, 0.1) is 6.07 Å². The molecule has 2 aromatic rings. The molecule has 0 radical (unpaired) electrons. The maximum absolute atomic E-state index is 8.43. The lowest BCUT2D eigenvalue weighted by Crippen LogP contribution is -2.18. The van der Waals surface area contributed by atoms with Crippen molar-refractivity contribution in [1.29, 1.82) is 5.26 Å². The van der Waals surface area contributed by atoms with Gasteiger partial charge in [0.15, 0.2) is 0 Å². The van der Waals surface area contributed by atoms with Gasteiger partial charge in [-0.1, -0.05) is 42.0 Å². The molecule has 92 valence electrons. The number of rotatable bonds is 5. The average molecular weight is 238 g/mol. The summed E-state index contributed by atoms with van der Waals surface area (Å²) in [5.74, 6) is 0. The molecule has 0 spiro atoms. The van der Waals surface area contributed by atoms with E-state index < -0.39 is 0 Å². The van der Waals surface area contributed by atoms with E-state index in [-0.39, 0.29) is 0 Å². The number of fused-ring (bicyclic) bond motifs is 1. The predicted octanol–water partition coefficient (Wildman–Crippen LogP) is 3.19. The molecule has 0 saturated heterocycles. The molecule has 0 saturated carbocycles. The van der Waals surface area contributed by atoms with Gasteiger partial charge in [-0.05, 0) is 36.2 Å². The summed E-state index contributed by atoms with van der Waals surface area (Å²) in [5, 5.41) is 14.3. The molecule has 0 aliphatic heterocycles. The van der Waals surface area contributed by atoms with Crippen LogP contribution in [0.4, 0.5) is 0 Å². The fraction of sp³-hybridized carbons (Fsp3) is 0.312. The van der Waals surface area contributed by atoms with Crippen LogP contribution in [-0.4, -0.2) is 13.1 Å². The fourth-order valence-electron chi connectivity index (χ4n) is 2.07. The van der Waals surface area contributed by atoms with Gasteiger partial charge in [0, 0.05) is 13.0 Å². The Labute approximate surface area is 108 Å². The van der Waals surface area contributed by atoms with E-state index in [1.54, 1.807) is 0 Å². The number of benzene rings is 2. The van der Waals surface area contributed by atoms with Gasteiger partial charge in [0.25, 0.3) is 0 Å². The Balaban J connectivity index is 1.98. The van der Waals surface area contributed by atoms with Gasteiger partial charge < -0.3 is 5.32 Å². The molecule has 0 aromatic heterocycles. The maximum Gasteiger partial charge on any atom is 0.0635 e. The van der Waals surface area contributed by atoms with Crippen LogP contribution in [-0.2, 0) is 6.42 Å². The minimum absolute atomic E-state index is 0.580. The molecule has 18 heavy (non-hydrogen) atoms. The zero-order valence-electron chi connectivity index (χ0n) is 10.7. The Kier molecular flexibility index (Phi) is 4.33. The monoisotopic (exact) mass is 238 g/mol. The lowest BCUT2D eigenvalue weighted by Gasteiger charge is -2.05. The second-order valence-corrected chi connectivity index (χ2v) is 4.59. The molecule has 0 fully saturated rings. The summed E-state index contributed by atoms with van der Waals surface area (Å²) in [6.45, 7) is 3.83. The van der Waals surface area contributed by atoms with Gasteiger partial charge in [-0.25, -0.2) is 0 Å². The van der Waals surface area contributed by atoms with E-state index >= 15 is 0 Å². The average Bonchev–Trinajstić information content (AvgIpc) is 2.38. The van der Waals surface area contributed by atoms with Crippen molar-refractivity contribution < 1.29 is 0 Å². The molecular weight excluding hydrogens is 220 g/mol. The number of hydrogen-bond donors (Lipinski definition) is 1. The van der Waals surface area contributed by atoms with Crippen molar-refractivity contribution in [1.82, 2.24) is 5.32 Å². The van der Waals surface area contributed by atoms with Gasteiger partial charge in [-0.3, -0.25) is 0 Å². The second-order valence-electron chi connectivity index (χ2n) is 4.59. The number of aryl methyl sites for hydroxylation is 1. The molecule has 0 heterocycles. The molecule has 1 N–H and O–H groups in total. The zero-order chi connectivity index (χ0) is 12.8. The summed E-state index contributed by atoms with van der Waals surface area (Å²) < 4.78 is 0. The SMILES string of the molecule is Cc1ccc2cc(CCNCCC#N)ccc2c1. The minimum atomic E-state index is 0.580. The first-order valence-electron chi connectivity index (χ1n) is 6.36. The molecule has 0 amide bonds. The highest BCUT2D eigenvalue weighted by Gasteiger charge is 1.97. The van der Waals surface area contributed by atoms with E-state index in [0.29, 0.717) is 6.42 Å². The van der Waals surface area contributed by atoms with Crippen LogP contribution >= 0.6 is 0 Å². The van der Waals surface area contributed by atoms with Crippen LogP contribution in [0.1, 0.15) is 17.5 Å². The third kappa shape index (κ3) is 3.32. The summed E-state index contributed by atoms with van der Waals surface area (Å²) in [7, 11) is 0. The Hall–Kier alpha value is -1.85. The molecule has 0 atom stereocenters. The van der Waals surface area contributed by atoms with Gasteiger partial charge in [-0.2, -0.15) is 5.26 Å². The van der Waals surface area contributed by atoms with Crippen LogP contribution < -0.4 is 5.32 Å². The van der Waals surface area contributed by atoms with Crippen molar-refractivity contribution >= 4 is 10.8 Å². The first-order chi connectivity index (χ1) is 8.79. The summed E-state index contributed by atoms with van der Waals surface area (Å²) in [5.41, 5.74) is 2.64. The van der Waals surface area contributed by atoms with Crippen molar-refractivity contribution in [3.63, 3.8) is 0 Å². The van der Waals surface area contributed by atoms with E-state index in [9.17, 15) is 0 Å². The predicted molar refractivity (Wildman–Crippen MR) is 75.5 cm³/mol. The normalized spacial score (nSPS) is 10.4. The molecule has 0 unspecified atom stereocenters. The maximum atomic E-state index is 8.43. The number of nitrogens with one attached hydrogen (secondary N) is 1. The quantitative estimate of drug-likeness (QED) is 0.812. The van der Waals surface area contributed by atoms with E-state index in [0.717, 1.165) is 19.5 Å². The van der Waals surface area contributed by atoms with Gasteiger partial charge >= 0.3 is 0 Å². The zero-order valence-corrected chi connectivity index (χ0v) is 10.7. The molecule has 2 heteroatoms. The van der Waals surface area contributed by atoms with Crippen LogP contribution in [0.25, 0.3) is 10.8 Å². The third-order valence-corrected chi connectivity index (χ3v) is 3.06. The standard InChI is InChI=1S/C16H18N2/c1-13-3-5-16-12-14(4-6-15(16)11-13)7-10-18-9-2-8-17/h3-6,11-12,18H,2,7,9-10H2,1H3. The summed E-state index contributed by atoms with van der Waals surface area (Å²) in [4.78, 5) is 0. The van der Waals surface area contributed by atoms with Gasteiger partial charge in [-0.15, -0.1) is 0 Å². The largest absolute Gasteiger partial charge is 0.315 e. The Morgan fingerprint density at radius 2 is 1.83 bits per heavy atom. The first kappa shape index (κ1) is 12.6. The third-order valence-electron chi connectivity index (χ3n) is 3.06. The molecule has 2 rings (SSSR count). The fourth-order valence-corrected chi connectivity index (χ4v) is 2.07. The van der Waals surface area contributed by atoms with Crippen LogP contribution in [0.15, 0.2) is 36.4 Å². The lowest BCUT2D eigenvalue weighted by molar-refractivity contribution is 0.692. The van der Waals surface area contributed by atoms with Gasteiger partial charge in [0.1, 0.15) is 0 Å². The van der Waals surface area contributed by atoms with Crippen molar-refractivity contribution in [2.75, 3.05) is 13.1 Å². The van der Waals surface area contributed by atoms with E-state index in [2.05, 4.69) is 54.7 Å². The highest BCUT2D eigenvalue weighted by molar-refractivity contribution is 5.83. The van der Waals surface area contributed by atoms with Crippen LogP contribution in [0.5, 0.6) is 0 Å². The van der Waals surface area contributed by atoms with Crippen LogP contribution in [0.2, 0.25) is 0 Å². The number of nitriles is 1. The van der Waals surface area contributed by atoms with Crippen LogP contribution in [0.3, 0.4) is 0 Å².